The summed E-state index contributed by atoms with van der Waals surface area (Å²) in [6.45, 7) is 2.03. The second-order valence-electron chi connectivity index (χ2n) is 5.37. The Kier molecular flexibility index (Phi) is 5.51. The van der Waals surface area contributed by atoms with Gasteiger partial charge in [0.25, 0.3) is 0 Å². The van der Waals surface area contributed by atoms with Crippen molar-refractivity contribution >= 4 is 35.1 Å². The highest BCUT2D eigenvalue weighted by Gasteiger charge is 2.22. The van der Waals surface area contributed by atoms with Gasteiger partial charge >= 0.3 is 0 Å². The van der Waals surface area contributed by atoms with E-state index in [9.17, 15) is 4.79 Å². The van der Waals surface area contributed by atoms with Gasteiger partial charge in [0.15, 0.2) is 0 Å². The summed E-state index contributed by atoms with van der Waals surface area (Å²) in [4.78, 5) is 12.2. The highest BCUT2D eigenvalue weighted by molar-refractivity contribution is 8.07. The average molecular weight is 345 g/mol. The number of rotatable bonds is 4. The van der Waals surface area contributed by atoms with E-state index in [-0.39, 0.29) is 11.2 Å². The van der Waals surface area contributed by atoms with Gasteiger partial charge in [-0.1, -0.05) is 12.1 Å². The van der Waals surface area contributed by atoms with Crippen LogP contribution in [0.2, 0.25) is 0 Å². The maximum atomic E-state index is 12.2. The summed E-state index contributed by atoms with van der Waals surface area (Å²) in [6.07, 6.45) is 0. The topological polar surface area (TPSA) is 38.3 Å². The van der Waals surface area contributed by atoms with Crippen molar-refractivity contribution in [2.24, 2.45) is 0 Å². The summed E-state index contributed by atoms with van der Waals surface area (Å²) in [5.41, 5.74) is 1.97. The van der Waals surface area contributed by atoms with Gasteiger partial charge in [-0.25, -0.2) is 0 Å². The summed E-state index contributed by atoms with van der Waals surface area (Å²) in [5.74, 6) is 4.75. The molecular weight excluding hydrogens is 326 g/mol. The van der Waals surface area contributed by atoms with E-state index in [2.05, 4.69) is 5.32 Å². The predicted molar refractivity (Wildman–Crippen MR) is 99.9 cm³/mol. The smallest absolute Gasteiger partial charge is 0.238 e. The van der Waals surface area contributed by atoms with Crippen LogP contribution in [0, 0.1) is 6.92 Å². The molecule has 0 radical (unpaired) electrons. The minimum Gasteiger partial charge on any atom is -0.457 e. The summed E-state index contributed by atoms with van der Waals surface area (Å²) in [5, 5.41) is 3.04. The molecule has 0 aromatic heterocycles. The maximum absolute atomic E-state index is 12.2. The highest BCUT2D eigenvalue weighted by Crippen LogP contribution is 2.26. The molecule has 120 valence electrons. The quantitative estimate of drug-likeness (QED) is 0.880. The SMILES string of the molecule is Cc1cccc(Oc2ccc(NC(=O)C3CSCCS3)cc2)c1. The number of hydrogen-bond acceptors (Lipinski definition) is 4. The third kappa shape index (κ3) is 4.69. The van der Waals surface area contributed by atoms with Crippen LogP contribution in [0.4, 0.5) is 5.69 Å². The lowest BCUT2D eigenvalue weighted by atomic mass is 10.2. The molecule has 23 heavy (non-hydrogen) atoms. The van der Waals surface area contributed by atoms with Crippen LogP contribution in [0.3, 0.4) is 0 Å². The molecule has 1 saturated heterocycles. The molecule has 1 aliphatic rings. The van der Waals surface area contributed by atoms with Crippen LogP contribution >= 0.6 is 23.5 Å². The number of carbonyl (C=O) groups is 1. The molecule has 2 aromatic carbocycles. The molecule has 3 rings (SSSR count). The number of thioether (sulfide) groups is 2. The summed E-state index contributed by atoms with van der Waals surface area (Å²) in [6, 6.07) is 15.4. The maximum Gasteiger partial charge on any atom is 0.238 e. The van der Waals surface area contributed by atoms with Gasteiger partial charge < -0.3 is 10.1 Å². The molecule has 1 amide bonds. The van der Waals surface area contributed by atoms with Gasteiger partial charge in [0.05, 0.1) is 5.25 Å². The molecule has 0 spiro atoms. The lowest BCUT2D eigenvalue weighted by Gasteiger charge is -2.20. The second-order valence-corrected chi connectivity index (χ2v) is 7.83. The molecule has 5 heteroatoms. The lowest BCUT2D eigenvalue weighted by Crippen LogP contribution is -2.30. The van der Waals surface area contributed by atoms with Crippen molar-refractivity contribution in [3.63, 3.8) is 0 Å². The van der Waals surface area contributed by atoms with Gasteiger partial charge in [0, 0.05) is 22.9 Å². The van der Waals surface area contributed by atoms with E-state index in [0.29, 0.717) is 0 Å². The first-order valence-corrected chi connectivity index (χ1v) is 9.76. The Morgan fingerprint density at radius 3 is 2.65 bits per heavy atom. The third-order valence-corrected chi connectivity index (χ3v) is 6.21. The molecule has 0 aliphatic carbocycles. The highest BCUT2D eigenvalue weighted by atomic mass is 32.2. The first kappa shape index (κ1) is 16.3. The molecule has 1 heterocycles. The van der Waals surface area contributed by atoms with Crippen molar-refractivity contribution in [1.29, 1.82) is 0 Å². The molecule has 1 aliphatic heterocycles. The number of ether oxygens (including phenoxy) is 1. The van der Waals surface area contributed by atoms with Crippen LogP contribution in [0.5, 0.6) is 11.5 Å². The van der Waals surface area contributed by atoms with Gasteiger partial charge in [-0.15, -0.1) is 11.8 Å². The van der Waals surface area contributed by atoms with Gasteiger partial charge in [-0.05, 0) is 48.9 Å². The van der Waals surface area contributed by atoms with Crippen molar-refractivity contribution in [3.05, 3.63) is 54.1 Å². The number of aryl methyl sites for hydroxylation is 1. The predicted octanol–water partition coefficient (Wildman–Crippen LogP) is 4.57. The summed E-state index contributed by atoms with van der Waals surface area (Å²) in [7, 11) is 0. The van der Waals surface area contributed by atoms with Crippen molar-refractivity contribution in [3.8, 4) is 11.5 Å². The number of nitrogens with one attached hydrogen (secondary N) is 1. The van der Waals surface area contributed by atoms with Crippen molar-refractivity contribution < 1.29 is 9.53 Å². The molecule has 1 atom stereocenters. The molecule has 0 saturated carbocycles. The van der Waals surface area contributed by atoms with E-state index in [1.165, 1.54) is 0 Å². The molecule has 3 nitrogen and oxygen atoms in total. The number of amides is 1. The normalized spacial score (nSPS) is 17.5. The Balaban J connectivity index is 1.59. The number of hydrogen-bond donors (Lipinski definition) is 1. The van der Waals surface area contributed by atoms with Crippen LogP contribution in [0.1, 0.15) is 5.56 Å². The van der Waals surface area contributed by atoms with E-state index >= 15 is 0 Å². The van der Waals surface area contributed by atoms with Crippen LogP contribution in [0.15, 0.2) is 48.5 Å². The Hall–Kier alpha value is -1.59. The summed E-state index contributed by atoms with van der Waals surface area (Å²) < 4.78 is 5.82. The van der Waals surface area contributed by atoms with E-state index in [0.717, 1.165) is 40.0 Å². The van der Waals surface area contributed by atoms with Crippen LogP contribution in [-0.4, -0.2) is 28.4 Å². The minimum absolute atomic E-state index is 0.0528. The zero-order valence-corrected chi connectivity index (χ0v) is 14.6. The van der Waals surface area contributed by atoms with E-state index in [4.69, 9.17) is 4.74 Å². The van der Waals surface area contributed by atoms with Gasteiger partial charge in [-0.3, -0.25) is 4.79 Å². The monoisotopic (exact) mass is 345 g/mol. The largest absolute Gasteiger partial charge is 0.457 e. The van der Waals surface area contributed by atoms with E-state index < -0.39 is 0 Å². The van der Waals surface area contributed by atoms with Gasteiger partial charge in [0.2, 0.25) is 5.91 Å². The fourth-order valence-electron chi connectivity index (χ4n) is 2.28. The van der Waals surface area contributed by atoms with Gasteiger partial charge in [0.1, 0.15) is 11.5 Å². The zero-order valence-electron chi connectivity index (χ0n) is 13.0. The molecule has 1 fully saturated rings. The average Bonchev–Trinajstić information content (AvgIpc) is 2.57. The zero-order chi connectivity index (χ0) is 16.1. The third-order valence-electron chi connectivity index (χ3n) is 3.46. The number of benzene rings is 2. The summed E-state index contributed by atoms with van der Waals surface area (Å²) >= 11 is 3.58. The van der Waals surface area contributed by atoms with E-state index in [1.807, 2.05) is 67.2 Å². The fraction of sp³-hybridized carbons (Fsp3) is 0.278. The van der Waals surface area contributed by atoms with Crippen LogP contribution < -0.4 is 10.1 Å². The standard InChI is InChI=1S/C18H19NO2S2/c1-13-3-2-4-16(11-13)21-15-7-5-14(6-8-15)19-18(20)17-12-22-9-10-23-17/h2-8,11,17H,9-10,12H2,1H3,(H,19,20). The van der Waals surface area contributed by atoms with Crippen LogP contribution in [-0.2, 0) is 4.79 Å². The Morgan fingerprint density at radius 2 is 1.96 bits per heavy atom. The van der Waals surface area contributed by atoms with Crippen molar-refractivity contribution in [2.45, 2.75) is 12.2 Å². The lowest BCUT2D eigenvalue weighted by molar-refractivity contribution is -0.115. The van der Waals surface area contributed by atoms with E-state index in [1.54, 1.807) is 11.8 Å². The molecule has 1 unspecified atom stereocenters. The Morgan fingerprint density at radius 1 is 1.13 bits per heavy atom. The Bertz CT molecular complexity index is 667. The van der Waals surface area contributed by atoms with Crippen LogP contribution in [0.25, 0.3) is 0 Å². The Labute approximate surface area is 145 Å². The second kappa shape index (κ2) is 7.79. The minimum atomic E-state index is 0.0528. The molecule has 1 N–H and O–H groups in total. The van der Waals surface area contributed by atoms with Crippen molar-refractivity contribution in [2.75, 3.05) is 22.6 Å². The first-order valence-electron chi connectivity index (χ1n) is 7.55. The fourth-order valence-corrected chi connectivity index (χ4v) is 4.84. The first-order chi connectivity index (χ1) is 11.2. The molecular formula is C18H19NO2S2. The molecule has 2 aromatic rings. The number of carbonyl (C=O) groups excluding carboxylic acids is 1. The molecule has 0 bridgehead atoms. The van der Waals surface area contributed by atoms with Crippen molar-refractivity contribution in [1.82, 2.24) is 0 Å². The van der Waals surface area contributed by atoms with Gasteiger partial charge in [-0.2, -0.15) is 11.8 Å². The number of anilines is 1.